The number of carbonyl (C=O) groups excluding carboxylic acids is 1. The average molecular weight is 254 g/mol. The topological polar surface area (TPSA) is 66.9 Å². The first-order valence-corrected chi connectivity index (χ1v) is 6.23. The second kappa shape index (κ2) is 5.06. The highest BCUT2D eigenvalue weighted by molar-refractivity contribution is 5.96. The van der Waals surface area contributed by atoms with Crippen molar-refractivity contribution in [1.29, 1.82) is 0 Å². The van der Waals surface area contributed by atoms with Crippen LogP contribution in [0.4, 0.5) is 11.4 Å². The van der Waals surface area contributed by atoms with Crippen LogP contribution >= 0.6 is 0 Å². The lowest BCUT2D eigenvalue weighted by molar-refractivity contribution is -0.117. The van der Waals surface area contributed by atoms with E-state index >= 15 is 0 Å². The van der Waals surface area contributed by atoms with Crippen LogP contribution in [0.15, 0.2) is 43.0 Å². The highest BCUT2D eigenvalue weighted by Gasteiger charge is 2.26. The molecule has 5 nitrogen and oxygen atoms in total. The summed E-state index contributed by atoms with van der Waals surface area (Å²) in [6.45, 7) is 0.806. The van der Waals surface area contributed by atoms with Crippen LogP contribution in [-0.2, 0) is 4.79 Å². The zero-order valence-corrected chi connectivity index (χ0v) is 10.3. The minimum atomic E-state index is -0.127. The zero-order chi connectivity index (χ0) is 13.1. The Morgan fingerprint density at radius 3 is 2.89 bits per heavy atom. The molecule has 0 aliphatic carbocycles. The summed E-state index contributed by atoms with van der Waals surface area (Å²) in [5.41, 5.74) is 2.71. The van der Waals surface area contributed by atoms with Gasteiger partial charge in [0.2, 0.25) is 5.91 Å². The third-order valence-corrected chi connectivity index (χ3v) is 3.23. The summed E-state index contributed by atoms with van der Waals surface area (Å²) < 4.78 is 0. The fourth-order valence-electron chi connectivity index (χ4n) is 2.33. The van der Waals surface area contributed by atoms with Gasteiger partial charge in [0.15, 0.2) is 0 Å². The quantitative estimate of drug-likeness (QED) is 0.860. The molecule has 0 saturated carbocycles. The van der Waals surface area contributed by atoms with Gasteiger partial charge in [0.25, 0.3) is 0 Å². The first-order chi connectivity index (χ1) is 9.34. The van der Waals surface area contributed by atoms with Crippen LogP contribution < -0.4 is 10.6 Å². The molecule has 1 aliphatic heterocycles. The maximum absolute atomic E-state index is 12.3. The minimum Gasteiger partial charge on any atom is -0.385 e. The van der Waals surface area contributed by atoms with Gasteiger partial charge in [0.1, 0.15) is 6.33 Å². The smallest absolute Gasteiger partial charge is 0.232 e. The van der Waals surface area contributed by atoms with E-state index in [4.69, 9.17) is 0 Å². The standard InChI is InChI=1S/C14H14N4O/c19-14(18-10-7-15-9-16-8-10)12-5-6-17-13-4-2-1-3-11(12)13/h1-4,7-9,12,17H,5-6H2,(H,18,19). The van der Waals surface area contributed by atoms with E-state index in [9.17, 15) is 4.79 Å². The van der Waals surface area contributed by atoms with Crippen LogP contribution in [0.25, 0.3) is 0 Å². The number of anilines is 2. The molecule has 19 heavy (non-hydrogen) atoms. The molecule has 3 rings (SSSR count). The van der Waals surface area contributed by atoms with Gasteiger partial charge in [0.05, 0.1) is 24.0 Å². The van der Waals surface area contributed by atoms with Crippen molar-refractivity contribution in [3.8, 4) is 0 Å². The number of hydrogen-bond acceptors (Lipinski definition) is 4. The number of nitrogens with one attached hydrogen (secondary N) is 2. The van der Waals surface area contributed by atoms with Crippen molar-refractivity contribution in [3.63, 3.8) is 0 Å². The Labute approximate surface area is 111 Å². The molecule has 1 atom stereocenters. The van der Waals surface area contributed by atoms with Crippen molar-refractivity contribution < 1.29 is 4.79 Å². The highest BCUT2D eigenvalue weighted by Crippen LogP contribution is 2.31. The summed E-state index contributed by atoms with van der Waals surface area (Å²) >= 11 is 0. The molecule has 1 unspecified atom stereocenters. The molecule has 1 aromatic carbocycles. The van der Waals surface area contributed by atoms with Crippen LogP contribution in [0.3, 0.4) is 0 Å². The maximum Gasteiger partial charge on any atom is 0.232 e. The lowest BCUT2D eigenvalue weighted by Crippen LogP contribution is -2.27. The van der Waals surface area contributed by atoms with Gasteiger partial charge in [0, 0.05) is 12.2 Å². The van der Waals surface area contributed by atoms with Crippen molar-refractivity contribution in [2.24, 2.45) is 0 Å². The van der Waals surface area contributed by atoms with E-state index in [2.05, 4.69) is 20.6 Å². The molecular formula is C14H14N4O. The molecule has 1 aliphatic rings. The predicted octanol–water partition coefficient (Wildman–Crippen LogP) is 2.01. The molecule has 0 spiro atoms. The number of fused-ring (bicyclic) bond motifs is 1. The van der Waals surface area contributed by atoms with Gasteiger partial charge < -0.3 is 10.6 Å². The number of rotatable bonds is 2. The molecule has 1 aromatic heterocycles. The van der Waals surface area contributed by atoms with Gasteiger partial charge >= 0.3 is 0 Å². The van der Waals surface area contributed by atoms with Gasteiger partial charge in [-0.25, -0.2) is 9.97 Å². The summed E-state index contributed by atoms with van der Waals surface area (Å²) in [6.07, 6.45) is 5.42. The number of amides is 1. The largest absolute Gasteiger partial charge is 0.385 e. The zero-order valence-electron chi connectivity index (χ0n) is 10.3. The number of para-hydroxylation sites is 1. The van der Waals surface area contributed by atoms with E-state index in [0.29, 0.717) is 5.69 Å². The predicted molar refractivity (Wildman–Crippen MR) is 73.0 cm³/mol. The molecule has 2 aromatic rings. The summed E-state index contributed by atoms with van der Waals surface area (Å²) in [7, 11) is 0. The summed E-state index contributed by atoms with van der Waals surface area (Å²) in [5, 5.41) is 6.17. The van der Waals surface area contributed by atoms with Gasteiger partial charge in [-0.15, -0.1) is 0 Å². The van der Waals surface area contributed by atoms with Crippen molar-refractivity contribution in [2.45, 2.75) is 12.3 Å². The molecule has 1 amide bonds. The second-order valence-corrected chi connectivity index (χ2v) is 4.47. The molecule has 2 heterocycles. The third kappa shape index (κ3) is 2.40. The Morgan fingerprint density at radius 2 is 2.05 bits per heavy atom. The first kappa shape index (κ1) is 11.6. The van der Waals surface area contributed by atoms with Crippen molar-refractivity contribution >= 4 is 17.3 Å². The molecule has 0 radical (unpaired) electrons. The lowest BCUT2D eigenvalue weighted by Gasteiger charge is -2.25. The van der Waals surface area contributed by atoms with Crippen LogP contribution in [0.2, 0.25) is 0 Å². The Balaban J connectivity index is 1.82. The summed E-state index contributed by atoms with van der Waals surface area (Å²) in [4.78, 5) is 20.1. The lowest BCUT2D eigenvalue weighted by atomic mass is 9.90. The van der Waals surface area contributed by atoms with Crippen molar-refractivity contribution in [3.05, 3.63) is 48.5 Å². The molecule has 2 N–H and O–H groups in total. The van der Waals surface area contributed by atoms with Gasteiger partial charge in [-0.1, -0.05) is 18.2 Å². The molecule has 96 valence electrons. The van der Waals surface area contributed by atoms with Crippen LogP contribution in [0.1, 0.15) is 17.9 Å². The van der Waals surface area contributed by atoms with Gasteiger partial charge in [-0.2, -0.15) is 0 Å². The fourth-order valence-corrected chi connectivity index (χ4v) is 2.33. The molecule has 0 saturated heterocycles. The normalized spacial score (nSPS) is 17.2. The number of carbonyl (C=O) groups is 1. The Morgan fingerprint density at radius 1 is 1.26 bits per heavy atom. The Bertz CT molecular complexity index is 585. The Hall–Kier alpha value is -2.43. The molecule has 5 heteroatoms. The third-order valence-electron chi connectivity index (χ3n) is 3.23. The van der Waals surface area contributed by atoms with Gasteiger partial charge in [-0.05, 0) is 18.1 Å². The monoisotopic (exact) mass is 254 g/mol. The van der Waals surface area contributed by atoms with Crippen LogP contribution in [0, 0.1) is 0 Å². The number of benzene rings is 1. The highest BCUT2D eigenvalue weighted by atomic mass is 16.1. The van der Waals surface area contributed by atoms with E-state index in [1.807, 2.05) is 24.3 Å². The average Bonchev–Trinajstić information content (AvgIpc) is 2.47. The summed E-state index contributed by atoms with van der Waals surface area (Å²) in [5.74, 6) is -0.138. The number of hydrogen-bond donors (Lipinski definition) is 2. The Kier molecular flexibility index (Phi) is 3.10. The SMILES string of the molecule is O=C(Nc1cncnc1)C1CCNc2ccccc21. The fraction of sp³-hybridized carbons (Fsp3) is 0.214. The minimum absolute atomic E-state index is 0.0104. The van der Waals surface area contributed by atoms with Crippen molar-refractivity contribution in [2.75, 3.05) is 17.2 Å². The van der Waals surface area contributed by atoms with Gasteiger partial charge in [-0.3, -0.25) is 4.79 Å². The molecular weight excluding hydrogens is 240 g/mol. The molecule has 0 bridgehead atoms. The van der Waals surface area contributed by atoms with E-state index in [1.165, 1.54) is 6.33 Å². The molecule has 0 fully saturated rings. The number of aromatic nitrogens is 2. The van der Waals surface area contributed by atoms with E-state index in [0.717, 1.165) is 24.2 Å². The van der Waals surface area contributed by atoms with Crippen molar-refractivity contribution in [1.82, 2.24) is 9.97 Å². The van der Waals surface area contributed by atoms with E-state index in [-0.39, 0.29) is 11.8 Å². The van der Waals surface area contributed by atoms with E-state index in [1.54, 1.807) is 12.4 Å². The van der Waals surface area contributed by atoms with Crippen LogP contribution in [0.5, 0.6) is 0 Å². The van der Waals surface area contributed by atoms with Crippen LogP contribution in [-0.4, -0.2) is 22.4 Å². The first-order valence-electron chi connectivity index (χ1n) is 6.23. The van der Waals surface area contributed by atoms with E-state index < -0.39 is 0 Å². The number of nitrogens with zero attached hydrogens (tertiary/aromatic N) is 2. The summed E-state index contributed by atoms with van der Waals surface area (Å²) in [6, 6.07) is 7.92. The maximum atomic E-state index is 12.3. The second-order valence-electron chi connectivity index (χ2n) is 4.47.